The molecule has 0 amide bonds. The molecule has 0 radical (unpaired) electrons. The van der Waals surface area contributed by atoms with Crippen LogP contribution in [0.15, 0.2) is 0 Å². The molecule has 1 heterocycles. The lowest BCUT2D eigenvalue weighted by Crippen LogP contribution is -2.32. The van der Waals surface area contributed by atoms with Crippen LogP contribution < -0.4 is 0 Å². The largest absolute Gasteiger partial charge is 0.481 e. The first-order chi connectivity index (χ1) is 5.49. The van der Waals surface area contributed by atoms with Crippen molar-refractivity contribution in [3.63, 3.8) is 0 Å². The van der Waals surface area contributed by atoms with Gasteiger partial charge in [0.25, 0.3) is 0 Å². The van der Waals surface area contributed by atoms with E-state index in [1.165, 1.54) is 6.92 Å². The third-order valence-corrected chi connectivity index (χ3v) is 1.69. The zero-order valence-corrected chi connectivity index (χ0v) is 6.31. The van der Waals surface area contributed by atoms with Crippen molar-refractivity contribution >= 4 is 11.9 Å². The Hall–Kier alpha value is -1.14. The molecule has 68 valence electrons. The quantitative estimate of drug-likeness (QED) is 0.456. The maximum Gasteiger partial charge on any atom is 0.370 e. The standard InChI is InChI=1S/C6H8O6/c1-3(2-4(7)8)6(5(9)10)11-12-6/h3H,2H2,1H3,(H,7,8)(H,9,10). The van der Waals surface area contributed by atoms with E-state index in [1.54, 1.807) is 0 Å². The molecule has 12 heavy (non-hydrogen) atoms. The molecule has 0 saturated carbocycles. The molecular weight excluding hydrogens is 168 g/mol. The van der Waals surface area contributed by atoms with E-state index < -0.39 is 23.6 Å². The summed E-state index contributed by atoms with van der Waals surface area (Å²) in [6.07, 6.45) is -0.299. The molecule has 0 aromatic heterocycles. The second-order valence-electron chi connectivity index (χ2n) is 2.64. The van der Waals surface area contributed by atoms with Crippen molar-refractivity contribution in [2.24, 2.45) is 5.92 Å². The molecule has 1 aliphatic rings. The van der Waals surface area contributed by atoms with Crippen LogP contribution in [0.2, 0.25) is 0 Å². The van der Waals surface area contributed by atoms with Crippen LogP contribution >= 0.6 is 0 Å². The maximum absolute atomic E-state index is 10.5. The van der Waals surface area contributed by atoms with Crippen LogP contribution in [0.4, 0.5) is 0 Å². The van der Waals surface area contributed by atoms with Crippen molar-refractivity contribution in [1.82, 2.24) is 0 Å². The molecule has 1 unspecified atom stereocenters. The van der Waals surface area contributed by atoms with E-state index in [2.05, 4.69) is 9.78 Å². The van der Waals surface area contributed by atoms with Gasteiger partial charge in [-0.1, -0.05) is 6.92 Å². The van der Waals surface area contributed by atoms with Crippen LogP contribution in [0.1, 0.15) is 13.3 Å². The number of carboxylic acids is 2. The van der Waals surface area contributed by atoms with Gasteiger partial charge in [-0.25, -0.2) is 4.79 Å². The summed E-state index contributed by atoms with van der Waals surface area (Å²) in [6.45, 7) is 1.44. The van der Waals surface area contributed by atoms with Gasteiger partial charge >= 0.3 is 17.7 Å². The van der Waals surface area contributed by atoms with Crippen LogP contribution in [0, 0.1) is 5.92 Å². The molecule has 0 aromatic carbocycles. The average molecular weight is 176 g/mol. The number of rotatable bonds is 4. The van der Waals surface area contributed by atoms with Gasteiger partial charge in [0.05, 0.1) is 6.42 Å². The summed E-state index contributed by atoms with van der Waals surface area (Å²) in [4.78, 5) is 29.2. The predicted molar refractivity (Wildman–Crippen MR) is 34.0 cm³/mol. The maximum atomic E-state index is 10.5. The summed E-state index contributed by atoms with van der Waals surface area (Å²) in [5.74, 6) is -4.80. The Labute approximate surface area is 67.6 Å². The molecule has 1 aliphatic heterocycles. The Morgan fingerprint density at radius 2 is 1.92 bits per heavy atom. The second kappa shape index (κ2) is 2.72. The van der Waals surface area contributed by atoms with Gasteiger partial charge < -0.3 is 10.2 Å². The fraction of sp³-hybridized carbons (Fsp3) is 0.667. The monoisotopic (exact) mass is 176 g/mol. The molecule has 0 bridgehead atoms. The van der Waals surface area contributed by atoms with E-state index in [0.29, 0.717) is 0 Å². The van der Waals surface area contributed by atoms with Crippen molar-refractivity contribution in [3.8, 4) is 0 Å². The van der Waals surface area contributed by atoms with E-state index in [4.69, 9.17) is 10.2 Å². The highest BCUT2D eigenvalue weighted by Gasteiger charge is 2.61. The van der Waals surface area contributed by atoms with Gasteiger partial charge in [-0.05, 0) is 0 Å². The minimum atomic E-state index is -1.72. The first kappa shape index (κ1) is 8.95. The molecule has 1 rings (SSSR count). The fourth-order valence-electron chi connectivity index (χ4n) is 0.888. The summed E-state index contributed by atoms with van der Waals surface area (Å²) in [5.41, 5.74) is 0. The highest BCUT2D eigenvalue weighted by Crippen LogP contribution is 2.39. The van der Waals surface area contributed by atoms with Gasteiger partial charge in [-0.15, -0.1) is 0 Å². The zero-order chi connectivity index (χ0) is 9.35. The lowest BCUT2D eigenvalue weighted by Gasteiger charge is -2.08. The Morgan fingerprint density at radius 3 is 2.17 bits per heavy atom. The summed E-state index contributed by atoms with van der Waals surface area (Å²) >= 11 is 0. The van der Waals surface area contributed by atoms with Crippen LogP contribution in [0.5, 0.6) is 0 Å². The van der Waals surface area contributed by atoms with Gasteiger partial charge in [0.2, 0.25) is 0 Å². The summed E-state index contributed by atoms with van der Waals surface area (Å²) in [5, 5.41) is 16.9. The van der Waals surface area contributed by atoms with E-state index >= 15 is 0 Å². The Bertz CT molecular complexity index is 218. The van der Waals surface area contributed by atoms with Gasteiger partial charge in [0.1, 0.15) is 0 Å². The molecule has 2 N–H and O–H groups in total. The third kappa shape index (κ3) is 1.39. The first-order valence-electron chi connectivity index (χ1n) is 3.31. The predicted octanol–water partition coefficient (Wildman–Crippen LogP) is -0.160. The number of hydrogen-bond donors (Lipinski definition) is 2. The van der Waals surface area contributed by atoms with Gasteiger partial charge in [-0.2, -0.15) is 9.78 Å². The lowest BCUT2D eigenvalue weighted by atomic mass is 9.99. The summed E-state index contributed by atoms with van der Waals surface area (Å²) < 4.78 is 0. The van der Waals surface area contributed by atoms with Crippen molar-refractivity contribution in [2.45, 2.75) is 19.1 Å². The Kier molecular flexibility index (Phi) is 2.03. The first-order valence-corrected chi connectivity index (χ1v) is 3.31. The van der Waals surface area contributed by atoms with Crippen molar-refractivity contribution in [3.05, 3.63) is 0 Å². The minimum absolute atomic E-state index is 0.299. The molecule has 0 aromatic rings. The van der Waals surface area contributed by atoms with E-state index in [0.717, 1.165) is 0 Å². The van der Waals surface area contributed by atoms with Gasteiger partial charge in [0.15, 0.2) is 0 Å². The smallest absolute Gasteiger partial charge is 0.370 e. The number of aliphatic carboxylic acids is 2. The number of carboxylic acid groups (broad SMARTS) is 2. The van der Waals surface area contributed by atoms with E-state index in [9.17, 15) is 9.59 Å². The van der Waals surface area contributed by atoms with Crippen LogP contribution in [0.3, 0.4) is 0 Å². The topological polar surface area (TPSA) is 99.7 Å². The molecule has 0 spiro atoms. The minimum Gasteiger partial charge on any atom is -0.481 e. The average Bonchev–Trinajstić information content (AvgIpc) is 2.63. The molecule has 0 aliphatic carbocycles. The Balaban J connectivity index is 2.57. The van der Waals surface area contributed by atoms with Crippen molar-refractivity contribution in [2.75, 3.05) is 0 Å². The molecule has 6 heteroatoms. The second-order valence-corrected chi connectivity index (χ2v) is 2.64. The molecule has 1 saturated heterocycles. The van der Waals surface area contributed by atoms with Crippen LogP contribution in [-0.4, -0.2) is 27.9 Å². The molecule has 6 nitrogen and oxygen atoms in total. The third-order valence-electron chi connectivity index (χ3n) is 1.69. The lowest BCUT2D eigenvalue weighted by molar-refractivity contribution is -0.148. The number of carbonyl (C=O) groups is 2. The molecule has 1 fully saturated rings. The molecule has 1 atom stereocenters. The van der Waals surface area contributed by atoms with Gasteiger partial charge in [0, 0.05) is 5.92 Å². The zero-order valence-electron chi connectivity index (χ0n) is 6.31. The Morgan fingerprint density at radius 1 is 1.42 bits per heavy atom. The number of hydrogen-bond acceptors (Lipinski definition) is 4. The summed E-state index contributed by atoms with van der Waals surface area (Å²) in [7, 11) is 0. The molecular formula is C6H8O6. The van der Waals surface area contributed by atoms with Gasteiger partial charge in [-0.3, -0.25) is 4.79 Å². The van der Waals surface area contributed by atoms with Crippen LogP contribution in [0.25, 0.3) is 0 Å². The van der Waals surface area contributed by atoms with Crippen molar-refractivity contribution < 1.29 is 29.6 Å². The van der Waals surface area contributed by atoms with Crippen LogP contribution in [-0.2, 0) is 19.4 Å². The van der Waals surface area contributed by atoms with Crippen molar-refractivity contribution in [1.29, 1.82) is 0 Å². The normalized spacial score (nSPS) is 21.4. The van der Waals surface area contributed by atoms with E-state index in [1.807, 2.05) is 0 Å². The SMILES string of the molecule is CC(CC(=O)O)C1(C(=O)O)OO1. The highest BCUT2D eigenvalue weighted by molar-refractivity contribution is 5.78. The summed E-state index contributed by atoms with van der Waals surface area (Å²) in [6, 6.07) is 0. The van der Waals surface area contributed by atoms with E-state index in [-0.39, 0.29) is 6.42 Å². The highest BCUT2D eigenvalue weighted by atomic mass is 17.4. The fourth-order valence-corrected chi connectivity index (χ4v) is 0.888.